The maximum absolute atomic E-state index is 11.0. The lowest BCUT2D eigenvalue weighted by atomic mass is 9.92. The van der Waals surface area contributed by atoms with E-state index in [1.807, 2.05) is 18.2 Å². The van der Waals surface area contributed by atoms with Crippen molar-refractivity contribution in [3.05, 3.63) is 70.8 Å². The molecule has 144 valence electrons. The van der Waals surface area contributed by atoms with E-state index in [1.165, 1.54) is 22.1 Å². The second-order valence-corrected chi connectivity index (χ2v) is 7.36. The molecule has 4 heteroatoms. The Bertz CT molecular complexity index is 1030. The summed E-state index contributed by atoms with van der Waals surface area (Å²) >= 11 is 0. The van der Waals surface area contributed by atoms with Crippen LogP contribution in [0.3, 0.4) is 0 Å². The van der Waals surface area contributed by atoms with Gasteiger partial charge in [0, 0.05) is 24.7 Å². The number of ether oxygens (including phenoxy) is 2. The number of aldehydes is 1. The van der Waals surface area contributed by atoms with Crippen molar-refractivity contribution in [3.8, 4) is 11.5 Å². The highest BCUT2D eigenvalue weighted by Crippen LogP contribution is 2.38. The van der Waals surface area contributed by atoms with Crippen molar-refractivity contribution in [2.45, 2.75) is 25.9 Å². The molecule has 0 N–H and O–H groups in total. The lowest BCUT2D eigenvalue weighted by molar-refractivity contribution is 0.112. The minimum Gasteiger partial charge on any atom is -0.493 e. The lowest BCUT2D eigenvalue weighted by Crippen LogP contribution is -2.33. The summed E-state index contributed by atoms with van der Waals surface area (Å²) in [6.07, 6.45) is 1.89. The van der Waals surface area contributed by atoms with E-state index >= 15 is 0 Å². The van der Waals surface area contributed by atoms with Gasteiger partial charge in [-0.2, -0.15) is 0 Å². The molecule has 0 amide bonds. The van der Waals surface area contributed by atoms with Gasteiger partial charge in [0.2, 0.25) is 0 Å². The largest absolute Gasteiger partial charge is 0.493 e. The normalized spacial score (nSPS) is 16.6. The second kappa shape index (κ2) is 7.64. The summed E-state index contributed by atoms with van der Waals surface area (Å²) in [5, 5.41) is 2.27. The van der Waals surface area contributed by atoms with E-state index in [-0.39, 0.29) is 0 Å². The molecule has 0 saturated carbocycles. The topological polar surface area (TPSA) is 38.8 Å². The Balaban J connectivity index is 1.59. The molecule has 3 aromatic carbocycles. The van der Waals surface area contributed by atoms with Crippen LogP contribution in [0.25, 0.3) is 10.8 Å². The van der Waals surface area contributed by atoms with Crippen molar-refractivity contribution in [2.24, 2.45) is 0 Å². The zero-order valence-corrected chi connectivity index (χ0v) is 16.6. The number of rotatable bonds is 5. The van der Waals surface area contributed by atoms with Crippen molar-refractivity contribution in [1.82, 2.24) is 4.90 Å². The molecular weight excluding hydrogens is 350 g/mol. The van der Waals surface area contributed by atoms with Crippen LogP contribution in [0.1, 0.15) is 40.0 Å². The molecule has 28 heavy (non-hydrogen) atoms. The van der Waals surface area contributed by atoms with E-state index in [0.717, 1.165) is 42.7 Å². The Labute approximate surface area is 165 Å². The van der Waals surface area contributed by atoms with Gasteiger partial charge in [0.1, 0.15) is 6.29 Å². The average molecular weight is 375 g/mol. The molecule has 1 atom stereocenters. The predicted octanol–water partition coefficient (Wildman–Crippen LogP) is 4.79. The minimum absolute atomic E-state index is 0.302. The standard InChI is InChI=1S/C24H25NO3/c1-16-22-13-24(28-3)23(27-2)12-21(22)8-9-25(16)14-17-4-6-20-11-18(15-26)5-7-19(20)10-17/h4-7,10-13,15-16H,8-9,14H2,1-3H3. The van der Waals surface area contributed by atoms with Crippen LogP contribution in [0.4, 0.5) is 0 Å². The lowest BCUT2D eigenvalue weighted by Gasteiger charge is -2.35. The van der Waals surface area contributed by atoms with Crippen LogP contribution >= 0.6 is 0 Å². The molecule has 0 aromatic heterocycles. The number of carbonyl (C=O) groups is 1. The molecule has 1 aliphatic heterocycles. The predicted molar refractivity (Wildman–Crippen MR) is 111 cm³/mol. The summed E-state index contributed by atoms with van der Waals surface area (Å²) in [5.41, 5.74) is 4.63. The fourth-order valence-electron chi connectivity index (χ4n) is 4.13. The molecule has 4 rings (SSSR count). The fourth-order valence-corrected chi connectivity index (χ4v) is 4.13. The Kier molecular flexibility index (Phi) is 5.05. The molecule has 4 nitrogen and oxygen atoms in total. The average Bonchev–Trinajstić information content (AvgIpc) is 2.74. The summed E-state index contributed by atoms with van der Waals surface area (Å²) in [7, 11) is 3.36. The molecule has 1 aliphatic rings. The molecule has 0 fully saturated rings. The van der Waals surface area contributed by atoms with Gasteiger partial charge in [0.25, 0.3) is 0 Å². The maximum atomic E-state index is 11.0. The number of methoxy groups -OCH3 is 2. The van der Waals surface area contributed by atoms with Crippen molar-refractivity contribution in [2.75, 3.05) is 20.8 Å². The third-order valence-electron chi connectivity index (χ3n) is 5.76. The molecule has 0 aliphatic carbocycles. The van der Waals surface area contributed by atoms with E-state index in [2.05, 4.69) is 42.2 Å². The van der Waals surface area contributed by atoms with Gasteiger partial charge in [0.15, 0.2) is 11.5 Å². The first-order valence-electron chi connectivity index (χ1n) is 9.59. The number of hydrogen-bond donors (Lipinski definition) is 0. The summed E-state index contributed by atoms with van der Waals surface area (Å²) in [6.45, 7) is 4.15. The van der Waals surface area contributed by atoms with E-state index in [0.29, 0.717) is 11.6 Å². The molecule has 0 bridgehead atoms. The molecule has 0 spiro atoms. The molecule has 1 unspecified atom stereocenters. The van der Waals surface area contributed by atoms with Gasteiger partial charge in [-0.15, -0.1) is 0 Å². The third-order valence-corrected chi connectivity index (χ3v) is 5.76. The van der Waals surface area contributed by atoms with Crippen LogP contribution in [0.15, 0.2) is 48.5 Å². The van der Waals surface area contributed by atoms with Crippen molar-refractivity contribution < 1.29 is 14.3 Å². The summed E-state index contributed by atoms with van der Waals surface area (Å²) in [4.78, 5) is 13.5. The smallest absolute Gasteiger partial charge is 0.161 e. The van der Waals surface area contributed by atoms with Crippen LogP contribution in [-0.4, -0.2) is 32.0 Å². The zero-order valence-electron chi connectivity index (χ0n) is 16.6. The molecule has 0 radical (unpaired) electrons. The SMILES string of the molecule is COc1cc2c(cc1OC)C(C)N(Cc1ccc3cc(C=O)ccc3c1)CC2. The molecular formula is C24H25NO3. The maximum Gasteiger partial charge on any atom is 0.161 e. The monoisotopic (exact) mass is 375 g/mol. The van der Waals surface area contributed by atoms with Gasteiger partial charge >= 0.3 is 0 Å². The van der Waals surface area contributed by atoms with Crippen molar-refractivity contribution in [3.63, 3.8) is 0 Å². The van der Waals surface area contributed by atoms with Crippen molar-refractivity contribution in [1.29, 1.82) is 0 Å². The van der Waals surface area contributed by atoms with Gasteiger partial charge in [-0.05, 0) is 65.1 Å². The van der Waals surface area contributed by atoms with Crippen LogP contribution in [0.2, 0.25) is 0 Å². The Morgan fingerprint density at radius 2 is 1.71 bits per heavy atom. The minimum atomic E-state index is 0.302. The molecule has 0 saturated heterocycles. The number of nitrogens with zero attached hydrogens (tertiary/aromatic N) is 1. The number of hydrogen-bond acceptors (Lipinski definition) is 4. The first-order chi connectivity index (χ1) is 13.6. The van der Waals surface area contributed by atoms with Crippen molar-refractivity contribution >= 4 is 17.1 Å². The summed E-state index contributed by atoms with van der Waals surface area (Å²) in [5.74, 6) is 1.58. The Morgan fingerprint density at radius 1 is 1.00 bits per heavy atom. The highest BCUT2D eigenvalue weighted by Gasteiger charge is 2.26. The van der Waals surface area contributed by atoms with E-state index in [4.69, 9.17) is 9.47 Å². The number of fused-ring (bicyclic) bond motifs is 2. The Morgan fingerprint density at radius 3 is 2.46 bits per heavy atom. The highest BCUT2D eigenvalue weighted by molar-refractivity contribution is 5.89. The summed E-state index contributed by atoms with van der Waals surface area (Å²) in [6, 6.07) is 16.9. The first-order valence-corrected chi connectivity index (χ1v) is 9.59. The van der Waals surface area contributed by atoms with E-state index in [1.54, 1.807) is 14.2 Å². The van der Waals surface area contributed by atoms with Crippen LogP contribution in [-0.2, 0) is 13.0 Å². The third kappa shape index (κ3) is 3.36. The van der Waals surface area contributed by atoms with Gasteiger partial charge in [-0.25, -0.2) is 0 Å². The Hall–Kier alpha value is -2.85. The zero-order chi connectivity index (χ0) is 19.7. The molecule has 3 aromatic rings. The van der Waals surface area contributed by atoms with E-state index in [9.17, 15) is 4.79 Å². The van der Waals surface area contributed by atoms with Gasteiger partial charge in [0.05, 0.1) is 14.2 Å². The quantitative estimate of drug-likeness (QED) is 0.601. The van der Waals surface area contributed by atoms with Gasteiger partial charge < -0.3 is 9.47 Å². The number of carbonyl (C=O) groups excluding carboxylic acids is 1. The van der Waals surface area contributed by atoms with Crippen LogP contribution < -0.4 is 9.47 Å². The second-order valence-electron chi connectivity index (χ2n) is 7.36. The molecule has 1 heterocycles. The first kappa shape index (κ1) is 18.5. The highest BCUT2D eigenvalue weighted by atomic mass is 16.5. The fraction of sp³-hybridized carbons (Fsp3) is 0.292. The summed E-state index contributed by atoms with van der Waals surface area (Å²) < 4.78 is 11.0. The number of benzene rings is 3. The van der Waals surface area contributed by atoms with Crippen LogP contribution in [0.5, 0.6) is 11.5 Å². The van der Waals surface area contributed by atoms with Crippen LogP contribution in [0, 0.1) is 0 Å². The van der Waals surface area contributed by atoms with Gasteiger partial charge in [-0.3, -0.25) is 9.69 Å². The van der Waals surface area contributed by atoms with E-state index < -0.39 is 0 Å². The van der Waals surface area contributed by atoms with Gasteiger partial charge in [-0.1, -0.05) is 24.3 Å².